The van der Waals surface area contributed by atoms with Crippen LogP contribution in [0.3, 0.4) is 0 Å². The van der Waals surface area contributed by atoms with Gasteiger partial charge in [-0.1, -0.05) is 81.3 Å². The summed E-state index contributed by atoms with van der Waals surface area (Å²) in [5.41, 5.74) is 4.56. The Morgan fingerprint density at radius 3 is 2.33 bits per heavy atom. The summed E-state index contributed by atoms with van der Waals surface area (Å²) in [7, 11) is 0. The lowest BCUT2D eigenvalue weighted by Crippen LogP contribution is -2.39. The first-order chi connectivity index (χ1) is 17.6. The first kappa shape index (κ1) is 26.6. The van der Waals surface area contributed by atoms with Gasteiger partial charge < -0.3 is 5.11 Å². The second-order valence-electron chi connectivity index (χ2n) is 11.1. The third-order valence-corrected chi connectivity index (χ3v) is 8.57. The number of carboxylic acid groups (broad SMARTS) is 1. The lowest BCUT2D eigenvalue weighted by atomic mass is 9.65. The van der Waals surface area contributed by atoms with Crippen LogP contribution in [0.1, 0.15) is 112 Å². The number of carbonyl (C=O) groups excluding carboxylic acids is 1. The van der Waals surface area contributed by atoms with Crippen molar-refractivity contribution in [3.63, 3.8) is 0 Å². The molecule has 1 saturated carbocycles. The number of fused-ring (bicyclic) bond motifs is 1. The standard InChI is InChI=1S/C32H43NO3/c34-30(32(22-12-5-13-23-32)27-16-7-4-8-17-27)24-26(31(35)36)15-6-2-1-3-9-18-28-21-20-25-14-10-11-19-29(25)33-28/h4,7-8,16-17,20-21,26H,1-3,5-6,9-15,18-19,22-24H2,(H,35,36)/t26-/m1/s1. The molecule has 0 bridgehead atoms. The SMILES string of the molecule is O=C(O)[C@H](CCCCCCCc1ccc2c(n1)CCCC2)CC(=O)C1(c2ccccc2)CCCCC1. The molecule has 0 unspecified atom stereocenters. The molecule has 1 aromatic heterocycles. The Kier molecular flexibility index (Phi) is 9.72. The molecule has 0 aliphatic heterocycles. The third-order valence-electron chi connectivity index (χ3n) is 8.57. The normalized spacial score (nSPS) is 17.8. The van der Waals surface area contributed by atoms with Crippen molar-refractivity contribution in [2.75, 3.05) is 0 Å². The Bertz CT molecular complexity index is 994. The van der Waals surface area contributed by atoms with Crippen LogP contribution < -0.4 is 0 Å². The van der Waals surface area contributed by atoms with E-state index >= 15 is 0 Å². The summed E-state index contributed by atoms with van der Waals surface area (Å²) in [4.78, 5) is 30.5. The Morgan fingerprint density at radius 1 is 0.833 bits per heavy atom. The second-order valence-corrected chi connectivity index (χ2v) is 11.1. The highest BCUT2D eigenvalue weighted by Gasteiger charge is 2.41. The molecule has 2 aromatic rings. The largest absolute Gasteiger partial charge is 0.481 e. The van der Waals surface area contributed by atoms with Crippen LogP contribution in [-0.2, 0) is 34.3 Å². The van der Waals surface area contributed by atoms with Gasteiger partial charge in [-0.3, -0.25) is 14.6 Å². The van der Waals surface area contributed by atoms with E-state index in [0.717, 1.165) is 82.6 Å². The predicted octanol–water partition coefficient (Wildman–Crippen LogP) is 7.41. The van der Waals surface area contributed by atoms with Gasteiger partial charge in [0.25, 0.3) is 0 Å². The fourth-order valence-corrected chi connectivity index (χ4v) is 6.37. The monoisotopic (exact) mass is 489 g/mol. The zero-order chi connectivity index (χ0) is 25.2. The smallest absolute Gasteiger partial charge is 0.306 e. The highest BCUT2D eigenvalue weighted by molar-refractivity contribution is 5.92. The molecule has 194 valence electrons. The molecule has 4 rings (SSSR count). The lowest BCUT2D eigenvalue weighted by Gasteiger charge is -2.37. The van der Waals surface area contributed by atoms with Gasteiger partial charge in [0, 0.05) is 17.8 Å². The molecule has 36 heavy (non-hydrogen) atoms. The maximum atomic E-state index is 13.6. The zero-order valence-electron chi connectivity index (χ0n) is 21.9. The van der Waals surface area contributed by atoms with E-state index in [-0.39, 0.29) is 12.2 Å². The van der Waals surface area contributed by atoms with Crippen LogP contribution >= 0.6 is 0 Å². The molecule has 0 radical (unpaired) electrons. The average Bonchev–Trinajstić information content (AvgIpc) is 2.92. The summed E-state index contributed by atoms with van der Waals surface area (Å²) in [6.07, 6.45) is 16.9. The van der Waals surface area contributed by atoms with Crippen molar-refractivity contribution in [1.82, 2.24) is 4.98 Å². The highest BCUT2D eigenvalue weighted by atomic mass is 16.4. The van der Waals surface area contributed by atoms with Crippen LogP contribution in [0.5, 0.6) is 0 Å². The second kappa shape index (κ2) is 13.2. The summed E-state index contributed by atoms with van der Waals surface area (Å²) >= 11 is 0. The van der Waals surface area contributed by atoms with E-state index in [1.807, 2.05) is 18.2 Å². The Morgan fingerprint density at radius 2 is 1.56 bits per heavy atom. The van der Waals surface area contributed by atoms with Crippen LogP contribution in [0, 0.1) is 5.92 Å². The van der Waals surface area contributed by atoms with Gasteiger partial charge in [-0.2, -0.15) is 0 Å². The number of carbonyl (C=O) groups is 2. The predicted molar refractivity (Wildman–Crippen MR) is 144 cm³/mol. The molecule has 1 heterocycles. The summed E-state index contributed by atoms with van der Waals surface area (Å²) in [6, 6.07) is 14.6. The first-order valence-electron chi connectivity index (χ1n) is 14.4. The lowest BCUT2D eigenvalue weighted by molar-refractivity contribution is -0.145. The Balaban J connectivity index is 1.20. The number of aromatic nitrogens is 1. The van der Waals surface area contributed by atoms with E-state index in [4.69, 9.17) is 4.98 Å². The molecule has 1 atom stereocenters. The number of rotatable bonds is 13. The quantitative estimate of drug-likeness (QED) is 0.298. The Hall–Kier alpha value is -2.49. The number of pyridine rings is 1. The van der Waals surface area contributed by atoms with Crippen molar-refractivity contribution < 1.29 is 14.7 Å². The molecule has 2 aliphatic rings. The van der Waals surface area contributed by atoms with E-state index in [1.54, 1.807) is 0 Å². The number of hydrogen-bond donors (Lipinski definition) is 1. The van der Waals surface area contributed by atoms with Gasteiger partial charge >= 0.3 is 5.97 Å². The number of Topliss-reactive ketones (excluding diaryl/α,β-unsaturated/α-hetero) is 1. The maximum absolute atomic E-state index is 13.6. The number of hydrogen-bond acceptors (Lipinski definition) is 3. The maximum Gasteiger partial charge on any atom is 0.306 e. The number of aliphatic carboxylic acids is 1. The van der Waals surface area contributed by atoms with E-state index in [0.29, 0.717) is 6.42 Å². The summed E-state index contributed by atoms with van der Waals surface area (Å²) in [5, 5.41) is 9.87. The molecular formula is C32H43NO3. The van der Waals surface area contributed by atoms with Gasteiger partial charge in [-0.05, 0) is 75.0 Å². The number of ketones is 1. The summed E-state index contributed by atoms with van der Waals surface area (Å²) in [6.45, 7) is 0. The van der Waals surface area contributed by atoms with Crippen molar-refractivity contribution in [2.45, 2.75) is 115 Å². The fourth-order valence-electron chi connectivity index (χ4n) is 6.37. The van der Waals surface area contributed by atoms with E-state index in [2.05, 4.69) is 24.3 Å². The van der Waals surface area contributed by atoms with E-state index < -0.39 is 17.3 Å². The van der Waals surface area contributed by atoms with Crippen molar-refractivity contribution in [1.29, 1.82) is 0 Å². The van der Waals surface area contributed by atoms with Crippen molar-refractivity contribution >= 4 is 11.8 Å². The summed E-state index contributed by atoms with van der Waals surface area (Å²) < 4.78 is 0. The summed E-state index contributed by atoms with van der Waals surface area (Å²) in [5.74, 6) is -1.25. The number of unbranched alkanes of at least 4 members (excludes halogenated alkanes) is 4. The van der Waals surface area contributed by atoms with Crippen molar-refractivity contribution in [2.24, 2.45) is 5.92 Å². The number of nitrogens with zero attached hydrogens (tertiary/aromatic N) is 1. The minimum Gasteiger partial charge on any atom is -0.481 e. The molecule has 1 aromatic carbocycles. The number of benzene rings is 1. The number of aryl methyl sites for hydroxylation is 3. The average molecular weight is 490 g/mol. The first-order valence-corrected chi connectivity index (χ1v) is 14.4. The molecule has 4 nitrogen and oxygen atoms in total. The van der Waals surface area contributed by atoms with E-state index in [9.17, 15) is 14.7 Å². The van der Waals surface area contributed by atoms with Gasteiger partial charge in [0.1, 0.15) is 5.78 Å². The molecule has 0 spiro atoms. The van der Waals surface area contributed by atoms with Crippen molar-refractivity contribution in [3.05, 3.63) is 65.0 Å². The minimum absolute atomic E-state index is 0.137. The third kappa shape index (κ3) is 6.83. The molecule has 0 amide bonds. The van der Waals surface area contributed by atoms with Crippen LogP contribution in [0.4, 0.5) is 0 Å². The molecular weight excluding hydrogens is 446 g/mol. The zero-order valence-corrected chi connectivity index (χ0v) is 21.9. The van der Waals surface area contributed by atoms with Gasteiger partial charge in [0.2, 0.25) is 0 Å². The molecule has 1 N–H and O–H groups in total. The fraction of sp³-hybridized carbons (Fsp3) is 0.594. The molecule has 4 heteroatoms. The topological polar surface area (TPSA) is 67.3 Å². The molecule has 1 fully saturated rings. The van der Waals surface area contributed by atoms with Gasteiger partial charge in [0.05, 0.1) is 11.3 Å². The van der Waals surface area contributed by atoms with E-state index in [1.165, 1.54) is 36.2 Å². The minimum atomic E-state index is -0.819. The Labute approximate surface area is 216 Å². The van der Waals surface area contributed by atoms with Crippen LogP contribution in [-0.4, -0.2) is 21.8 Å². The molecule has 2 aliphatic carbocycles. The highest BCUT2D eigenvalue weighted by Crippen LogP contribution is 2.42. The van der Waals surface area contributed by atoms with Gasteiger partial charge in [0.15, 0.2) is 0 Å². The van der Waals surface area contributed by atoms with Crippen LogP contribution in [0.15, 0.2) is 42.5 Å². The van der Waals surface area contributed by atoms with Crippen molar-refractivity contribution in [3.8, 4) is 0 Å². The number of carboxylic acids is 1. The van der Waals surface area contributed by atoms with Gasteiger partial charge in [-0.25, -0.2) is 0 Å². The van der Waals surface area contributed by atoms with Gasteiger partial charge in [-0.15, -0.1) is 0 Å². The van der Waals surface area contributed by atoms with Crippen LogP contribution in [0.2, 0.25) is 0 Å². The molecule has 0 saturated heterocycles. The van der Waals surface area contributed by atoms with Crippen LogP contribution in [0.25, 0.3) is 0 Å².